The minimum atomic E-state index is -0.292. The van der Waals surface area contributed by atoms with Crippen molar-refractivity contribution >= 4 is 11.9 Å². The van der Waals surface area contributed by atoms with Gasteiger partial charge in [0.15, 0.2) is 5.78 Å². The highest BCUT2D eigenvalue weighted by Gasteiger charge is 2.12. The molecular weight excluding hydrogens is 231 g/mol. The van der Waals surface area contributed by atoms with Crippen LogP contribution in [0, 0.1) is 19.7 Å². The van der Waals surface area contributed by atoms with Crippen molar-refractivity contribution in [3.8, 4) is 0 Å². The first-order valence-corrected chi connectivity index (χ1v) is 5.57. The molecule has 1 heterocycles. The second kappa shape index (κ2) is 4.96. The number of allylic oxidation sites excluding steroid dienone is 1. The van der Waals surface area contributed by atoms with Gasteiger partial charge in [0.05, 0.1) is 11.3 Å². The number of hydrogen-bond acceptors (Lipinski definition) is 2. The number of aromatic nitrogens is 2. The van der Waals surface area contributed by atoms with Gasteiger partial charge in [-0.2, -0.15) is 5.10 Å². The number of benzene rings is 1. The van der Waals surface area contributed by atoms with Gasteiger partial charge < -0.3 is 0 Å². The molecule has 2 rings (SSSR count). The number of halogens is 1. The van der Waals surface area contributed by atoms with Crippen LogP contribution in [0.15, 0.2) is 30.3 Å². The Morgan fingerprint density at radius 1 is 1.28 bits per heavy atom. The molecular formula is C14H13FN2O. The van der Waals surface area contributed by atoms with Crippen LogP contribution in [0.5, 0.6) is 0 Å². The fraction of sp³-hybridized carbons (Fsp3) is 0.143. The number of H-pyrrole nitrogens is 1. The van der Waals surface area contributed by atoms with Crippen LogP contribution in [-0.2, 0) is 0 Å². The van der Waals surface area contributed by atoms with Crippen LogP contribution in [0.1, 0.15) is 27.3 Å². The number of rotatable bonds is 3. The van der Waals surface area contributed by atoms with Crippen LogP contribution in [-0.4, -0.2) is 16.0 Å². The normalized spacial score (nSPS) is 11.1. The molecule has 0 aliphatic heterocycles. The zero-order valence-corrected chi connectivity index (χ0v) is 10.2. The fourth-order valence-corrected chi connectivity index (χ4v) is 1.74. The fourth-order valence-electron chi connectivity index (χ4n) is 1.74. The van der Waals surface area contributed by atoms with E-state index in [0.717, 1.165) is 11.3 Å². The monoisotopic (exact) mass is 244 g/mol. The van der Waals surface area contributed by atoms with Gasteiger partial charge in [-0.3, -0.25) is 9.89 Å². The molecule has 4 heteroatoms. The molecule has 1 N–H and O–H groups in total. The highest BCUT2D eigenvalue weighted by molar-refractivity contribution is 6.08. The van der Waals surface area contributed by atoms with Crippen LogP contribution < -0.4 is 0 Å². The van der Waals surface area contributed by atoms with Crippen LogP contribution >= 0.6 is 0 Å². The van der Waals surface area contributed by atoms with E-state index in [0.29, 0.717) is 11.3 Å². The zero-order valence-electron chi connectivity index (χ0n) is 10.2. The standard InChI is InChI=1S/C14H13FN2O/c1-9-14(10(2)17-16-9)13(18)8-5-11-3-6-12(15)7-4-11/h3-8H,1-2H3,(H,16,17). The summed E-state index contributed by atoms with van der Waals surface area (Å²) in [6.07, 6.45) is 3.13. The van der Waals surface area contributed by atoms with Crippen molar-refractivity contribution in [1.29, 1.82) is 0 Å². The maximum absolute atomic E-state index is 12.7. The highest BCUT2D eigenvalue weighted by atomic mass is 19.1. The van der Waals surface area contributed by atoms with Crippen molar-refractivity contribution in [2.24, 2.45) is 0 Å². The third-order valence-electron chi connectivity index (χ3n) is 2.67. The lowest BCUT2D eigenvalue weighted by atomic mass is 10.1. The van der Waals surface area contributed by atoms with Crippen molar-refractivity contribution in [2.75, 3.05) is 0 Å². The second-order valence-electron chi connectivity index (χ2n) is 4.06. The van der Waals surface area contributed by atoms with Gasteiger partial charge in [-0.1, -0.05) is 18.2 Å². The number of carbonyl (C=O) groups is 1. The maximum atomic E-state index is 12.7. The van der Waals surface area contributed by atoms with Crippen LogP contribution in [0.25, 0.3) is 6.08 Å². The Morgan fingerprint density at radius 3 is 2.50 bits per heavy atom. The van der Waals surface area contributed by atoms with E-state index in [1.807, 2.05) is 0 Å². The first kappa shape index (κ1) is 12.2. The number of nitrogens with one attached hydrogen (secondary N) is 1. The molecule has 18 heavy (non-hydrogen) atoms. The Balaban J connectivity index is 2.19. The Labute approximate surface area is 104 Å². The second-order valence-corrected chi connectivity index (χ2v) is 4.06. The van der Waals surface area contributed by atoms with Gasteiger partial charge in [-0.15, -0.1) is 0 Å². The molecule has 0 atom stereocenters. The average molecular weight is 244 g/mol. The average Bonchev–Trinajstić information content (AvgIpc) is 2.68. The lowest BCUT2D eigenvalue weighted by molar-refractivity contribution is 0.104. The van der Waals surface area contributed by atoms with Crippen molar-refractivity contribution in [1.82, 2.24) is 10.2 Å². The minimum Gasteiger partial charge on any atom is -0.289 e. The Bertz CT molecular complexity index is 577. The summed E-state index contributed by atoms with van der Waals surface area (Å²) in [7, 11) is 0. The minimum absolute atomic E-state index is 0.108. The lowest BCUT2D eigenvalue weighted by Crippen LogP contribution is -1.97. The summed E-state index contributed by atoms with van der Waals surface area (Å²) in [5.74, 6) is -0.400. The van der Waals surface area contributed by atoms with E-state index in [1.165, 1.54) is 18.2 Å². The zero-order chi connectivity index (χ0) is 13.1. The molecule has 0 unspecified atom stereocenters. The number of aryl methyl sites for hydroxylation is 2. The summed E-state index contributed by atoms with van der Waals surface area (Å²) in [5.41, 5.74) is 2.81. The van der Waals surface area contributed by atoms with Crippen molar-refractivity contribution < 1.29 is 9.18 Å². The molecule has 1 aromatic heterocycles. The van der Waals surface area contributed by atoms with Crippen molar-refractivity contribution in [2.45, 2.75) is 13.8 Å². The molecule has 0 saturated carbocycles. The molecule has 0 radical (unpaired) electrons. The van der Waals surface area contributed by atoms with E-state index in [-0.39, 0.29) is 11.6 Å². The Hall–Kier alpha value is -2.23. The van der Waals surface area contributed by atoms with Gasteiger partial charge >= 0.3 is 0 Å². The lowest BCUT2D eigenvalue weighted by Gasteiger charge is -1.95. The van der Waals surface area contributed by atoms with Gasteiger partial charge in [0.25, 0.3) is 0 Å². The van der Waals surface area contributed by atoms with Crippen LogP contribution in [0.4, 0.5) is 4.39 Å². The van der Waals surface area contributed by atoms with E-state index in [2.05, 4.69) is 10.2 Å². The molecule has 3 nitrogen and oxygen atoms in total. The first-order chi connectivity index (χ1) is 8.58. The molecule has 0 aliphatic carbocycles. The molecule has 0 aliphatic rings. The van der Waals surface area contributed by atoms with Gasteiger partial charge in [-0.25, -0.2) is 4.39 Å². The van der Waals surface area contributed by atoms with E-state index in [1.54, 1.807) is 32.1 Å². The van der Waals surface area contributed by atoms with Gasteiger partial charge in [0.2, 0.25) is 0 Å². The van der Waals surface area contributed by atoms with Crippen molar-refractivity contribution in [3.63, 3.8) is 0 Å². The molecule has 0 amide bonds. The first-order valence-electron chi connectivity index (χ1n) is 5.57. The van der Waals surface area contributed by atoms with Crippen LogP contribution in [0.3, 0.4) is 0 Å². The number of aromatic amines is 1. The van der Waals surface area contributed by atoms with E-state index >= 15 is 0 Å². The Morgan fingerprint density at radius 2 is 1.94 bits per heavy atom. The van der Waals surface area contributed by atoms with Gasteiger partial charge in [-0.05, 0) is 37.6 Å². The predicted octanol–water partition coefficient (Wildman–Crippen LogP) is 3.06. The summed E-state index contributed by atoms with van der Waals surface area (Å²) >= 11 is 0. The number of nitrogens with zero attached hydrogens (tertiary/aromatic N) is 1. The summed E-state index contributed by atoms with van der Waals surface area (Å²) in [4.78, 5) is 12.0. The maximum Gasteiger partial charge on any atom is 0.189 e. The molecule has 0 fully saturated rings. The molecule has 92 valence electrons. The van der Waals surface area contributed by atoms with E-state index in [4.69, 9.17) is 0 Å². The number of ketones is 1. The molecule has 2 aromatic rings. The molecule has 1 aromatic carbocycles. The smallest absolute Gasteiger partial charge is 0.189 e. The van der Waals surface area contributed by atoms with Gasteiger partial charge in [0, 0.05) is 5.69 Å². The van der Waals surface area contributed by atoms with E-state index < -0.39 is 0 Å². The SMILES string of the molecule is Cc1n[nH]c(C)c1C(=O)C=Cc1ccc(F)cc1. The van der Waals surface area contributed by atoms with Crippen molar-refractivity contribution in [3.05, 3.63) is 58.7 Å². The quantitative estimate of drug-likeness (QED) is 0.666. The number of hydrogen-bond donors (Lipinski definition) is 1. The largest absolute Gasteiger partial charge is 0.289 e. The highest BCUT2D eigenvalue weighted by Crippen LogP contribution is 2.12. The van der Waals surface area contributed by atoms with Crippen LogP contribution in [0.2, 0.25) is 0 Å². The van der Waals surface area contributed by atoms with Gasteiger partial charge in [0.1, 0.15) is 5.82 Å². The summed E-state index contributed by atoms with van der Waals surface area (Å²) in [6.45, 7) is 3.58. The molecule has 0 saturated heterocycles. The van der Waals surface area contributed by atoms with E-state index in [9.17, 15) is 9.18 Å². The topological polar surface area (TPSA) is 45.8 Å². The summed E-state index contributed by atoms with van der Waals surface area (Å²) in [6, 6.07) is 5.96. The third-order valence-corrected chi connectivity index (χ3v) is 2.67. The summed E-state index contributed by atoms with van der Waals surface area (Å²) in [5, 5.41) is 6.74. The summed E-state index contributed by atoms with van der Waals surface area (Å²) < 4.78 is 12.7. The molecule has 0 spiro atoms. The Kier molecular flexibility index (Phi) is 3.37. The molecule has 0 bridgehead atoms. The number of carbonyl (C=O) groups excluding carboxylic acids is 1. The predicted molar refractivity (Wildman–Crippen MR) is 67.8 cm³/mol. The third kappa shape index (κ3) is 2.53.